The molecule has 0 spiro atoms. The van der Waals surface area contributed by atoms with Crippen LogP contribution in [0.2, 0.25) is 0 Å². The van der Waals surface area contributed by atoms with Gasteiger partial charge in [0.2, 0.25) is 0 Å². The fourth-order valence-electron chi connectivity index (χ4n) is 2.69. The van der Waals surface area contributed by atoms with Crippen LogP contribution in [0.5, 0.6) is 0 Å². The van der Waals surface area contributed by atoms with E-state index >= 15 is 0 Å². The number of furan rings is 1. The monoisotopic (exact) mass is 357 g/mol. The summed E-state index contributed by atoms with van der Waals surface area (Å²) < 4.78 is 5.61. The molecule has 5 aromatic heterocycles. The summed E-state index contributed by atoms with van der Waals surface area (Å²) in [4.78, 5) is 23.0. The Balaban J connectivity index is 1.65. The first-order valence-electron chi connectivity index (χ1n) is 7.91. The van der Waals surface area contributed by atoms with E-state index in [2.05, 4.69) is 19.9 Å². The van der Waals surface area contributed by atoms with Crippen molar-refractivity contribution >= 4 is 22.3 Å². The van der Waals surface area contributed by atoms with Crippen molar-refractivity contribution in [3.63, 3.8) is 0 Å². The summed E-state index contributed by atoms with van der Waals surface area (Å²) in [7, 11) is 0. The smallest absolute Gasteiger partial charge is 0.182 e. The fourth-order valence-corrected chi connectivity index (χ4v) is 3.56. The molecule has 0 aromatic carbocycles. The van der Waals surface area contributed by atoms with Gasteiger partial charge in [-0.15, -0.1) is 11.3 Å². The first-order valence-corrected chi connectivity index (χ1v) is 8.72. The van der Waals surface area contributed by atoms with Gasteiger partial charge in [0.25, 0.3) is 0 Å². The Morgan fingerprint density at radius 1 is 0.923 bits per heavy atom. The standard InChI is InChI=1S/C19H11N5OS/c1-3-13(10-20-5-1)19-23-11-15(26-19)14-9-12-4-8-25-17(12)16(24-14)18-21-6-2-7-22-18/h1-11H. The molecule has 0 atom stereocenters. The maximum Gasteiger partial charge on any atom is 0.182 e. The third-order valence-electron chi connectivity index (χ3n) is 3.88. The zero-order valence-electron chi connectivity index (χ0n) is 13.4. The van der Waals surface area contributed by atoms with E-state index in [1.54, 1.807) is 48.5 Å². The van der Waals surface area contributed by atoms with Crippen molar-refractivity contribution in [1.29, 1.82) is 0 Å². The number of hydrogen-bond donors (Lipinski definition) is 0. The predicted molar refractivity (Wildman–Crippen MR) is 99.4 cm³/mol. The van der Waals surface area contributed by atoms with Gasteiger partial charge in [-0.1, -0.05) is 0 Å². The lowest BCUT2D eigenvalue weighted by Crippen LogP contribution is -1.92. The fraction of sp³-hybridized carbons (Fsp3) is 0. The maximum atomic E-state index is 5.61. The minimum absolute atomic E-state index is 0.534. The van der Waals surface area contributed by atoms with Crippen LogP contribution in [0, 0.1) is 0 Å². The summed E-state index contributed by atoms with van der Waals surface area (Å²) in [5.74, 6) is 0.534. The van der Waals surface area contributed by atoms with Crippen molar-refractivity contribution in [3.8, 4) is 32.7 Å². The van der Waals surface area contributed by atoms with E-state index in [0.717, 1.165) is 26.5 Å². The molecule has 0 unspecified atom stereocenters. The highest BCUT2D eigenvalue weighted by Gasteiger charge is 2.16. The molecule has 6 nitrogen and oxygen atoms in total. The quantitative estimate of drug-likeness (QED) is 0.474. The Hall–Kier alpha value is -3.45. The molecular formula is C19H11N5OS. The number of hydrogen-bond acceptors (Lipinski definition) is 7. The van der Waals surface area contributed by atoms with E-state index in [0.29, 0.717) is 17.1 Å². The molecule has 0 bridgehead atoms. The average Bonchev–Trinajstić information content (AvgIpc) is 3.38. The number of aromatic nitrogens is 5. The third kappa shape index (κ3) is 2.55. The molecule has 5 heterocycles. The number of nitrogens with zero attached hydrogens (tertiary/aromatic N) is 5. The van der Waals surface area contributed by atoms with Crippen molar-refractivity contribution in [2.45, 2.75) is 0 Å². The Morgan fingerprint density at radius 3 is 2.69 bits per heavy atom. The second kappa shape index (κ2) is 6.12. The molecule has 124 valence electrons. The van der Waals surface area contributed by atoms with Gasteiger partial charge in [-0.25, -0.2) is 19.9 Å². The lowest BCUT2D eigenvalue weighted by atomic mass is 10.2. The number of fused-ring (bicyclic) bond motifs is 1. The van der Waals surface area contributed by atoms with Crippen molar-refractivity contribution in [3.05, 3.63) is 67.6 Å². The Labute approximate surface area is 152 Å². The van der Waals surface area contributed by atoms with Crippen molar-refractivity contribution in [1.82, 2.24) is 24.9 Å². The van der Waals surface area contributed by atoms with E-state index < -0.39 is 0 Å². The van der Waals surface area contributed by atoms with Gasteiger partial charge >= 0.3 is 0 Å². The molecule has 0 saturated heterocycles. The SMILES string of the molecule is c1cnc(-c2nc(-c3cnc(-c4cccnc4)s3)cc3ccoc23)nc1. The predicted octanol–water partition coefficient (Wildman–Crippen LogP) is 4.47. The van der Waals surface area contributed by atoms with E-state index in [1.807, 2.05) is 30.5 Å². The lowest BCUT2D eigenvalue weighted by molar-refractivity contribution is 0.615. The third-order valence-corrected chi connectivity index (χ3v) is 4.95. The van der Waals surface area contributed by atoms with Crippen molar-refractivity contribution in [2.75, 3.05) is 0 Å². The molecule has 0 aliphatic heterocycles. The topological polar surface area (TPSA) is 77.6 Å². The first kappa shape index (κ1) is 14.9. The van der Waals surface area contributed by atoms with Crippen LogP contribution in [0.4, 0.5) is 0 Å². The average molecular weight is 357 g/mol. The molecular weight excluding hydrogens is 346 g/mol. The number of rotatable bonds is 3. The van der Waals surface area contributed by atoms with Crippen LogP contribution in [-0.2, 0) is 0 Å². The van der Waals surface area contributed by atoms with Crippen LogP contribution in [0.25, 0.3) is 43.6 Å². The summed E-state index contributed by atoms with van der Waals surface area (Å²) in [5, 5.41) is 1.86. The van der Waals surface area contributed by atoms with Gasteiger partial charge < -0.3 is 4.42 Å². The second-order valence-electron chi connectivity index (χ2n) is 5.54. The highest BCUT2D eigenvalue weighted by atomic mass is 32.1. The van der Waals surface area contributed by atoms with Gasteiger partial charge in [0.05, 0.1) is 16.8 Å². The van der Waals surface area contributed by atoms with Crippen molar-refractivity contribution in [2.24, 2.45) is 0 Å². The highest BCUT2D eigenvalue weighted by Crippen LogP contribution is 2.34. The Bertz CT molecular complexity index is 1180. The molecule has 7 heteroatoms. The number of thiazole rings is 1. The van der Waals surface area contributed by atoms with Gasteiger partial charge in [0.1, 0.15) is 5.01 Å². The van der Waals surface area contributed by atoms with Gasteiger partial charge in [0, 0.05) is 41.9 Å². The normalized spacial score (nSPS) is 11.1. The van der Waals surface area contributed by atoms with Gasteiger partial charge in [-0.2, -0.15) is 0 Å². The minimum Gasteiger partial charge on any atom is -0.462 e. The molecule has 26 heavy (non-hydrogen) atoms. The molecule has 0 aliphatic carbocycles. The molecule has 0 aliphatic rings. The molecule has 5 aromatic rings. The van der Waals surface area contributed by atoms with Crippen LogP contribution in [-0.4, -0.2) is 24.9 Å². The molecule has 0 radical (unpaired) electrons. The van der Waals surface area contributed by atoms with Crippen molar-refractivity contribution < 1.29 is 4.42 Å². The largest absolute Gasteiger partial charge is 0.462 e. The van der Waals surface area contributed by atoms with Gasteiger partial charge in [0.15, 0.2) is 17.1 Å². The summed E-state index contributed by atoms with van der Waals surface area (Å²) in [6.45, 7) is 0. The van der Waals surface area contributed by atoms with E-state index in [9.17, 15) is 0 Å². The summed E-state index contributed by atoms with van der Waals surface area (Å²) in [5.41, 5.74) is 3.10. The number of pyridine rings is 2. The van der Waals surface area contributed by atoms with Crippen LogP contribution < -0.4 is 0 Å². The Morgan fingerprint density at radius 2 is 1.85 bits per heavy atom. The zero-order chi connectivity index (χ0) is 17.3. The Kier molecular flexibility index (Phi) is 3.50. The second-order valence-corrected chi connectivity index (χ2v) is 6.57. The molecule has 0 amide bonds. The van der Waals surface area contributed by atoms with Gasteiger partial charge in [-0.05, 0) is 30.3 Å². The molecule has 0 saturated carbocycles. The summed E-state index contributed by atoms with van der Waals surface area (Å²) in [6, 6.07) is 9.57. The van der Waals surface area contributed by atoms with E-state index in [-0.39, 0.29) is 0 Å². The summed E-state index contributed by atoms with van der Waals surface area (Å²) in [6.07, 6.45) is 10.4. The zero-order valence-corrected chi connectivity index (χ0v) is 14.2. The highest BCUT2D eigenvalue weighted by molar-refractivity contribution is 7.18. The molecule has 0 N–H and O–H groups in total. The maximum absolute atomic E-state index is 5.61. The van der Waals surface area contributed by atoms with Gasteiger partial charge in [-0.3, -0.25) is 4.98 Å². The van der Waals surface area contributed by atoms with Crippen LogP contribution in [0.3, 0.4) is 0 Å². The van der Waals surface area contributed by atoms with E-state index in [4.69, 9.17) is 9.40 Å². The summed E-state index contributed by atoms with van der Waals surface area (Å²) >= 11 is 1.57. The van der Waals surface area contributed by atoms with Crippen LogP contribution in [0.1, 0.15) is 0 Å². The van der Waals surface area contributed by atoms with Crippen LogP contribution >= 0.6 is 11.3 Å². The molecule has 5 rings (SSSR count). The minimum atomic E-state index is 0.534. The molecule has 0 fully saturated rings. The lowest BCUT2D eigenvalue weighted by Gasteiger charge is -2.03. The van der Waals surface area contributed by atoms with E-state index in [1.165, 1.54) is 0 Å². The van der Waals surface area contributed by atoms with Crippen LogP contribution in [0.15, 0.2) is 72.0 Å². The first-order chi connectivity index (χ1) is 12.9.